The zero-order valence-electron chi connectivity index (χ0n) is 17.0. The molecule has 26 heavy (non-hydrogen) atoms. The summed E-state index contributed by atoms with van der Waals surface area (Å²) in [4.78, 5) is 23.9. The van der Waals surface area contributed by atoms with Gasteiger partial charge in [-0.05, 0) is 26.2 Å². The summed E-state index contributed by atoms with van der Waals surface area (Å²) in [6.45, 7) is 3.89. The van der Waals surface area contributed by atoms with Crippen LogP contribution in [-0.4, -0.2) is 22.2 Å². The molecule has 152 valence electrons. The fraction of sp³-hybridized carbons (Fsp3) is 0.909. The first kappa shape index (κ1) is 23.0. The fourth-order valence-corrected chi connectivity index (χ4v) is 4.67. The molecule has 4 nitrogen and oxygen atoms in total. The van der Waals surface area contributed by atoms with Gasteiger partial charge in [0.25, 0.3) is 0 Å². The Balaban J connectivity index is 2.32. The van der Waals surface area contributed by atoms with E-state index in [2.05, 4.69) is 6.92 Å². The Bertz CT molecular complexity index is 434. The monoisotopic (exact) mass is 368 g/mol. The summed E-state index contributed by atoms with van der Waals surface area (Å²) in [5.41, 5.74) is -2.22. The van der Waals surface area contributed by atoms with E-state index in [1.54, 1.807) is 6.92 Å². The molecule has 1 aliphatic carbocycles. The molecular weight excluding hydrogens is 328 g/mol. The summed E-state index contributed by atoms with van der Waals surface area (Å²) in [7, 11) is 0. The molecule has 0 aliphatic heterocycles. The predicted octanol–water partition coefficient (Wildman–Crippen LogP) is 6.42. The second-order valence-corrected chi connectivity index (χ2v) is 8.52. The Morgan fingerprint density at radius 2 is 1.19 bits per heavy atom. The minimum atomic E-state index is -1.13. The highest BCUT2D eigenvalue weighted by Crippen LogP contribution is 2.54. The van der Waals surface area contributed by atoms with Gasteiger partial charge in [0.15, 0.2) is 0 Å². The largest absolute Gasteiger partial charge is 0.481 e. The van der Waals surface area contributed by atoms with Crippen LogP contribution in [0.3, 0.4) is 0 Å². The Morgan fingerprint density at radius 1 is 0.731 bits per heavy atom. The third-order valence-corrected chi connectivity index (χ3v) is 6.68. The van der Waals surface area contributed by atoms with Gasteiger partial charge in [-0.2, -0.15) is 0 Å². The molecule has 1 fully saturated rings. The van der Waals surface area contributed by atoms with Crippen molar-refractivity contribution >= 4 is 11.9 Å². The molecule has 0 spiro atoms. The fourth-order valence-electron chi connectivity index (χ4n) is 4.67. The van der Waals surface area contributed by atoms with Crippen LogP contribution < -0.4 is 0 Å². The Kier molecular flexibility index (Phi) is 10.3. The van der Waals surface area contributed by atoms with Gasteiger partial charge < -0.3 is 10.2 Å². The quantitative estimate of drug-likeness (QED) is 0.347. The lowest BCUT2D eigenvalue weighted by atomic mass is 9.55. The topological polar surface area (TPSA) is 74.6 Å². The summed E-state index contributed by atoms with van der Waals surface area (Å²) in [6.07, 6.45) is 16.6. The van der Waals surface area contributed by atoms with E-state index in [1.165, 1.54) is 51.4 Å². The van der Waals surface area contributed by atoms with Crippen LogP contribution in [0, 0.1) is 10.8 Å². The molecule has 1 saturated carbocycles. The van der Waals surface area contributed by atoms with E-state index in [4.69, 9.17) is 0 Å². The molecule has 1 rings (SSSR count). The van der Waals surface area contributed by atoms with Crippen LogP contribution in [0.1, 0.15) is 117 Å². The van der Waals surface area contributed by atoms with Gasteiger partial charge in [-0.25, -0.2) is 0 Å². The van der Waals surface area contributed by atoms with Crippen LogP contribution >= 0.6 is 0 Å². The van der Waals surface area contributed by atoms with E-state index in [-0.39, 0.29) is 0 Å². The van der Waals surface area contributed by atoms with Crippen LogP contribution in [0.2, 0.25) is 0 Å². The normalized spacial score (nSPS) is 25.9. The highest BCUT2D eigenvalue weighted by Gasteiger charge is 2.58. The van der Waals surface area contributed by atoms with Crippen molar-refractivity contribution in [3.05, 3.63) is 0 Å². The van der Waals surface area contributed by atoms with Crippen LogP contribution in [0.25, 0.3) is 0 Å². The van der Waals surface area contributed by atoms with Gasteiger partial charge in [-0.3, -0.25) is 9.59 Å². The van der Waals surface area contributed by atoms with Gasteiger partial charge >= 0.3 is 11.9 Å². The van der Waals surface area contributed by atoms with E-state index in [9.17, 15) is 19.8 Å². The Morgan fingerprint density at radius 3 is 1.65 bits per heavy atom. The molecule has 0 bridgehead atoms. The average Bonchev–Trinajstić information content (AvgIpc) is 2.60. The molecule has 0 radical (unpaired) electrons. The first-order valence-electron chi connectivity index (χ1n) is 10.9. The lowest BCUT2D eigenvalue weighted by molar-refractivity contribution is -0.179. The van der Waals surface area contributed by atoms with Gasteiger partial charge in [0, 0.05) is 0 Å². The van der Waals surface area contributed by atoms with Gasteiger partial charge in [0.05, 0.1) is 10.8 Å². The van der Waals surface area contributed by atoms with Crippen molar-refractivity contribution < 1.29 is 19.8 Å². The van der Waals surface area contributed by atoms with Crippen LogP contribution in [0.15, 0.2) is 0 Å². The average molecular weight is 369 g/mol. The standard InChI is InChI=1S/C22H40O4/c1-3-4-5-6-7-8-9-10-11-12-13-17-22(20(25)26)18-15-14-16-21(22,2)19(23)24/h3-18H2,1-2H3,(H,23,24)(H,25,26). The zero-order chi connectivity index (χ0) is 19.5. The van der Waals surface area contributed by atoms with Gasteiger partial charge in [0.1, 0.15) is 0 Å². The minimum absolute atomic E-state index is 0.479. The highest BCUT2D eigenvalue weighted by molar-refractivity contribution is 5.86. The predicted molar refractivity (Wildman–Crippen MR) is 105 cm³/mol. The maximum absolute atomic E-state index is 12.0. The maximum atomic E-state index is 12.0. The number of hydrogen-bond donors (Lipinski definition) is 2. The van der Waals surface area contributed by atoms with E-state index < -0.39 is 22.8 Å². The molecule has 0 amide bonds. The molecule has 2 unspecified atom stereocenters. The van der Waals surface area contributed by atoms with Crippen molar-refractivity contribution in [1.82, 2.24) is 0 Å². The van der Waals surface area contributed by atoms with Crippen molar-refractivity contribution in [1.29, 1.82) is 0 Å². The molecular formula is C22H40O4. The smallest absolute Gasteiger partial charge is 0.310 e. The third-order valence-electron chi connectivity index (χ3n) is 6.68. The number of carboxylic acids is 2. The number of rotatable bonds is 14. The summed E-state index contributed by atoms with van der Waals surface area (Å²) < 4.78 is 0. The first-order chi connectivity index (χ1) is 12.4. The molecule has 0 aromatic rings. The van der Waals surface area contributed by atoms with Crippen molar-refractivity contribution in [3.8, 4) is 0 Å². The van der Waals surface area contributed by atoms with Crippen molar-refractivity contribution in [2.75, 3.05) is 0 Å². The van der Waals surface area contributed by atoms with Crippen LogP contribution in [-0.2, 0) is 9.59 Å². The molecule has 2 N–H and O–H groups in total. The number of aliphatic carboxylic acids is 2. The highest BCUT2D eigenvalue weighted by atomic mass is 16.4. The molecule has 4 heteroatoms. The van der Waals surface area contributed by atoms with E-state index in [1.807, 2.05) is 0 Å². The molecule has 0 aromatic heterocycles. The number of carboxylic acid groups (broad SMARTS) is 2. The van der Waals surface area contributed by atoms with E-state index in [0.29, 0.717) is 19.3 Å². The Hall–Kier alpha value is -1.06. The molecule has 0 saturated heterocycles. The van der Waals surface area contributed by atoms with E-state index >= 15 is 0 Å². The second kappa shape index (κ2) is 11.6. The van der Waals surface area contributed by atoms with Gasteiger partial charge in [-0.1, -0.05) is 90.4 Å². The van der Waals surface area contributed by atoms with E-state index in [0.717, 1.165) is 32.1 Å². The van der Waals surface area contributed by atoms with Crippen LogP contribution in [0.5, 0.6) is 0 Å². The first-order valence-corrected chi connectivity index (χ1v) is 10.9. The Labute approximate surface area is 159 Å². The summed E-state index contributed by atoms with van der Waals surface area (Å²) in [5.74, 6) is -1.85. The minimum Gasteiger partial charge on any atom is -0.481 e. The molecule has 1 aliphatic rings. The second-order valence-electron chi connectivity index (χ2n) is 8.52. The summed E-state index contributed by atoms with van der Waals surface area (Å²) >= 11 is 0. The van der Waals surface area contributed by atoms with Crippen LogP contribution in [0.4, 0.5) is 0 Å². The molecule has 0 heterocycles. The third kappa shape index (κ3) is 5.99. The van der Waals surface area contributed by atoms with Gasteiger partial charge in [0.2, 0.25) is 0 Å². The summed E-state index contributed by atoms with van der Waals surface area (Å²) in [6, 6.07) is 0. The van der Waals surface area contributed by atoms with Gasteiger partial charge in [-0.15, -0.1) is 0 Å². The number of unbranched alkanes of at least 4 members (excludes halogenated alkanes) is 10. The van der Waals surface area contributed by atoms with Crippen molar-refractivity contribution in [2.24, 2.45) is 10.8 Å². The number of hydrogen-bond acceptors (Lipinski definition) is 2. The van der Waals surface area contributed by atoms with Crippen molar-refractivity contribution in [3.63, 3.8) is 0 Å². The molecule has 0 aromatic carbocycles. The zero-order valence-corrected chi connectivity index (χ0v) is 17.0. The molecule has 2 atom stereocenters. The lowest BCUT2D eigenvalue weighted by Gasteiger charge is -2.46. The lowest BCUT2D eigenvalue weighted by Crippen LogP contribution is -2.52. The van der Waals surface area contributed by atoms with Crippen molar-refractivity contribution in [2.45, 2.75) is 117 Å². The summed E-state index contributed by atoms with van der Waals surface area (Å²) in [5, 5.41) is 19.6. The SMILES string of the molecule is CCCCCCCCCCCCCC1(C(=O)O)CCCCC1(C)C(=O)O. The number of carbonyl (C=O) groups is 2. The maximum Gasteiger partial charge on any atom is 0.310 e.